The molecule has 3 nitrogen and oxygen atoms in total. The van der Waals surface area contributed by atoms with Gasteiger partial charge in [-0.15, -0.1) is 0 Å². The molecule has 1 N–H and O–H groups in total. The molecule has 0 radical (unpaired) electrons. The highest BCUT2D eigenvalue weighted by atomic mass is 79.9. The second-order valence-electron chi connectivity index (χ2n) is 4.28. The van der Waals surface area contributed by atoms with E-state index < -0.39 is 17.8 Å². The van der Waals surface area contributed by atoms with Crippen molar-refractivity contribution in [1.82, 2.24) is 0 Å². The number of anilines is 1. The fraction of sp³-hybridized carbons (Fsp3) is 0.133. The van der Waals surface area contributed by atoms with Crippen LogP contribution in [0.1, 0.15) is 11.6 Å². The number of nitrogens with one attached hydrogen (secondary N) is 1. The maximum Gasteiger partial charge on any atom is 0.332 e. The number of methoxy groups -OCH3 is 1. The molecule has 0 aliphatic heterocycles. The molecule has 0 fully saturated rings. The topological polar surface area (TPSA) is 38.3 Å². The van der Waals surface area contributed by atoms with Crippen molar-refractivity contribution in [3.8, 4) is 0 Å². The van der Waals surface area contributed by atoms with Gasteiger partial charge in [-0.3, -0.25) is 0 Å². The van der Waals surface area contributed by atoms with Gasteiger partial charge in [-0.05, 0) is 51.8 Å². The first-order valence-electron chi connectivity index (χ1n) is 6.06. The molecule has 2 aromatic rings. The van der Waals surface area contributed by atoms with Crippen molar-refractivity contribution < 1.29 is 13.9 Å². The minimum absolute atomic E-state index is 0.391. The largest absolute Gasteiger partial charge is 0.467 e. The molecule has 6 heteroatoms. The van der Waals surface area contributed by atoms with Crippen molar-refractivity contribution in [1.29, 1.82) is 0 Å². The average molecular weight is 373 g/mol. The van der Waals surface area contributed by atoms with Crippen molar-refractivity contribution in [2.75, 3.05) is 12.4 Å². The van der Waals surface area contributed by atoms with Gasteiger partial charge in [-0.25, -0.2) is 9.18 Å². The van der Waals surface area contributed by atoms with Gasteiger partial charge in [0, 0.05) is 10.2 Å². The summed E-state index contributed by atoms with van der Waals surface area (Å²) in [5.41, 5.74) is 1.10. The van der Waals surface area contributed by atoms with Gasteiger partial charge in [-0.2, -0.15) is 0 Å². The Morgan fingerprint density at radius 1 is 1.33 bits per heavy atom. The molecule has 21 heavy (non-hydrogen) atoms. The van der Waals surface area contributed by atoms with E-state index >= 15 is 0 Å². The van der Waals surface area contributed by atoms with E-state index in [0.29, 0.717) is 16.3 Å². The van der Waals surface area contributed by atoms with Gasteiger partial charge < -0.3 is 10.1 Å². The number of benzene rings is 2. The van der Waals surface area contributed by atoms with Gasteiger partial charge in [0.05, 0.1) is 12.1 Å². The summed E-state index contributed by atoms with van der Waals surface area (Å²) in [6, 6.07) is 10.2. The first-order chi connectivity index (χ1) is 10.0. The van der Waals surface area contributed by atoms with E-state index in [2.05, 4.69) is 21.2 Å². The zero-order chi connectivity index (χ0) is 15.4. The molecule has 0 heterocycles. The predicted molar refractivity (Wildman–Crippen MR) is 83.9 cm³/mol. The van der Waals surface area contributed by atoms with Crippen molar-refractivity contribution in [2.45, 2.75) is 6.04 Å². The van der Waals surface area contributed by atoms with Gasteiger partial charge in [0.25, 0.3) is 0 Å². The smallest absolute Gasteiger partial charge is 0.332 e. The number of rotatable bonds is 4. The van der Waals surface area contributed by atoms with Gasteiger partial charge >= 0.3 is 5.97 Å². The lowest BCUT2D eigenvalue weighted by molar-refractivity contribution is -0.141. The van der Waals surface area contributed by atoms with Crippen molar-refractivity contribution in [2.24, 2.45) is 0 Å². The van der Waals surface area contributed by atoms with Crippen molar-refractivity contribution >= 4 is 39.2 Å². The second kappa shape index (κ2) is 6.91. The number of halogens is 3. The Morgan fingerprint density at radius 3 is 2.71 bits per heavy atom. The third kappa shape index (κ3) is 3.95. The number of ether oxygens (including phenoxy) is 1. The summed E-state index contributed by atoms with van der Waals surface area (Å²) in [5.74, 6) is -0.880. The molecule has 0 bridgehead atoms. The first kappa shape index (κ1) is 15.8. The minimum Gasteiger partial charge on any atom is -0.467 e. The summed E-state index contributed by atoms with van der Waals surface area (Å²) < 4.78 is 18.8. The van der Waals surface area contributed by atoms with Gasteiger partial charge in [0.15, 0.2) is 6.04 Å². The quantitative estimate of drug-likeness (QED) is 0.799. The standard InChI is InChI=1S/C15H12BrClFNO2/c1-21-15(20)14(9-5-6-12(16)13(17)7-9)19-11-4-2-3-10(18)8-11/h2-8,14,19H,1H3. The van der Waals surface area contributed by atoms with E-state index in [-0.39, 0.29) is 0 Å². The van der Waals surface area contributed by atoms with Crippen LogP contribution >= 0.6 is 27.5 Å². The number of carbonyl (C=O) groups excluding carboxylic acids is 1. The number of hydrogen-bond donors (Lipinski definition) is 1. The van der Waals surface area contributed by atoms with Crippen LogP contribution in [0.5, 0.6) is 0 Å². The van der Waals surface area contributed by atoms with Crippen LogP contribution in [0.3, 0.4) is 0 Å². The van der Waals surface area contributed by atoms with E-state index in [1.54, 1.807) is 30.3 Å². The Labute approximate surface area is 135 Å². The lowest BCUT2D eigenvalue weighted by Crippen LogP contribution is -2.22. The summed E-state index contributed by atoms with van der Waals surface area (Å²) in [4.78, 5) is 12.0. The zero-order valence-corrected chi connectivity index (χ0v) is 13.4. The van der Waals surface area contributed by atoms with Gasteiger partial charge in [-0.1, -0.05) is 23.7 Å². The lowest BCUT2D eigenvalue weighted by Gasteiger charge is -2.18. The van der Waals surface area contributed by atoms with Crippen LogP contribution in [0, 0.1) is 5.82 Å². The molecule has 0 spiro atoms. The van der Waals surface area contributed by atoms with E-state index in [4.69, 9.17) is 16.3 Å². The molecule has 2 rings (SSSR count). The van der Waals surface area contributed by atoms with Crippen LogP contribution in [0.2, 0.25) is 5.02 Å². The number of carbonyl (C=O) groups is 1. The highest BCUT2D eigenvalue weighted by Gasteiger charge is 2.22. The van der Waals surface area contributed by atoms with Crippen molar-refractivity contribution in [3.05, 3.63) is 63.3 Å². The molecule has 0 aliphatic carbocycles. The zero-order valence-electron chi connectivity index (χ0n) is 11.1. The average Bonchev–Trinajstić information content (AvgIpc) is 2.47. The Balaban J connectivity index is 2.34. The summed E-state index contributed by atoms with van der Waals surface area (Å²) in [6.45, 7) is 0. The Bertz CT molecular complexity index is 666. The maximum atomic E-state index is 13.2. The third-order valence-corrected chi connectivity index (χ3v) is 4.08. The van der Waals surface area contributed by atoms with Crippen molar-refractivity contribution in [3.63, 3.8) is 0 Å². The van der Waals surface area contributed by atoms with Crippen LogP contribution in [0.4, 0.5) is 10.1 Å². The molecule has 0 aliphatic rings. The molecule has 0 aromatic heterocycles. The fourth-order valence-electron chi connectivity index (χ4n) is 1.83. The summed E-state index contributed by atoms with van der Waals surface area (Å²) in [7, 11) is 1.29. The van der Waals surface area contributed by atoms with E-state index in [0.717, 1.165) is 4.47 Å². The molecule has 2 aromatic carbocycles. The normalized spacial score (nSPS) is 11.8. The van der Waals surface area contributed by atoms with Gasteiger partial charge in [0.2, 0.25) is 0 Å². The maximum absolute atomic E-state index is 13.2. The molecule has 0 amide bonds. The number of esters is 1. The molecule has 1 unspecified atom stereocenters. The van der Waals surface area contributed by atoms with E-state index in [9.17, 15) is 9.18 Å². The summed E-state index contributed by atoms with van der Waals surface area (Å²) in [5, 5.41) is 3.42. The van der Waals surface area contributed by atoms with Crippen LogP contribution < -0.4 is 5.32 Å². The molecular weight excluding hydrogens is 361 g/mol. The first-order valence-corrected chi connectivity index (χ1v) is 7.23. The monoisotopic (exact) mass is 371 g/mol. The van der Waals surface area contributed by atoms with Gasteiger partial charge in [0.1, 0.15) is 5.82 Å². The molecular formula is C15H12BrClFNO2. The molecule has 0 saturated heterocycles. The van der Waals surface area contributed by atoms with Crippen LogP contribution in [0.25, 0.3) is 0 Å². The van der Waals surface area contributed by atoms with E-state index in [1.807, 2.05) is 0 Å². The predicted octanol–water partition coefficient (Wildman–Crippen LogP) is 4.57. The fourth-order valence-corrected chi connectivity index (χ4v) is 2.27. The van der Waals surface area contributed by atoms with Crippen LogP contribution in [-0.4, -0.2) is 13.1 Å². The second-order valence-corrected chi connectivity index (χ2v) is 5.55. The van der Waals surface area contributed by atoms with Crippen LogP contribution in [-0.2, 0) is 9.53 Å². The Morgan fingerprint density at radius 2 is 2.10 bits per heavy atom. The lowest BCUT2D eigenvalue weighted by atomic mass is 10.1. The van der Waals surface area contributed by atoms with E-state index in [1.165, 1.54) is 19.2 Å². The highest BCUT2D eigenvalue weighted by Crippen LogP contribution is 2.28. The Hall–Kier alpha value is -1.59. The highest BCUT2D eigenvalue weighted by molar-refractivity contribution is 9.10. The SMILES string of the molecule is COC(=O)C(Nc1cccc(F)c1)c1ccc(Br)c(Cl)c1. The third-order valence-electron chi connectivity index (χ3n) is 2.85. The molecule has 0 saturated carbocycles. The van der Waals surface area contributed by atoms with Crippen LogP contribution in [0.15, 0.2) is 46.9 Å². The Kier molecular flexibility index (Phi) is 5.20. The summed E-state index contributed by atoms with van der Waals surface area (Å²) >= 11 is 9.34. The number of hydrogen-bond acceptors (Lipinski definition) is 3. The summed E-state index contributed by atoms with van der Waals surface area (Å²) in [6.07, 6.45) is 0. The molecule has 110 valence electrons. The molecule has 1 atom stereocenters. The minimum atomic E-state index is -0.776.